The van der Waals surface area contributed by atoms with Crippen LogP contribution in [0.1, 0.15) is 20.8 Å². The molecule has 0 unspecified atom stereocenters. The van der Waals surface area contributed by atoms with E-state index in [1.807, 2.05) is 13.1 Å². The van der Waals surface area contributed by atoms with E-state index in [1.165, 1.54) is 0 Å². The van der Waals surface area contributed by atoms with E-state index in [4.69, 9.17) is 11.6 Å². The van der Waals surface area contributed by atoms with E-state index in [-0.39, 0.29) is 5.54 Å². The standard InChI is InChI=1S/C10H15ClN2/c1-10(2,3)13(4)9-7-8(11)5-6-12-9/h5-7H,1-4H3. The summed E-state index contributed by atoms with van der Waals surface area (Å²) in [6.07, 6.45) is 1.72. The summed E-state index contributed by atoms with van der Waals surface area (Å²) >= 11 is 5.87. The molecule has 0 amide bonds. The van der Waals surface area contributed by atoms with Crippen LogP contribution in [0.3, 0.4) is 0 Å². The summed E-state index contributed by atoms with van der Waals surface area (Å²) in [5.74, 6) is 0.903. The summed E-state index contributed by atoms with van der Waals surface area (Å²) in [5, 5.41) is 0.723. The lowest BCUT2D eigenvalue weighted by atomic mass is 10.1. The minimum absolute atomic E-state index is 0.0671. The normalized spacial score (nSPS) is 11.5. The van der Waals surface area contributed by atoms with Crippen molar-refractivity contribution in [3.8, 4) is 0 Å². The lowest BCUT2D eigenvalue weighted by Crippen LogP contribution is -2.38. The molecule has 72 valence electrons. The van der Waals surface area contributed by atoms with Crippen molar-refractivity contribution < 1.29 is 0 Å². The van der Waals surface area contributed by atoms with Crippen molar-refractivity contribution in [2.45, 2.75) is 26.3 Å². The van der Waals surface area contributed by atoms with Crippen molar-refractivity contribution in [1.82, 2.24) is 4.98 Å². The maximum absolute atomic E-state index is 5.87. The highest BCUT2D eigenvalue weighted by atomic mass is 35.5. The molecule has 0 aromatic carbocycles. The van der Waals surface area contributed by atoms with Crippen molar-refractivity contribution in [3.63, 3.8) is 0 Å². The number of anilines is 1. The lowest BCUT2D eigenvalue weighted by molar-refractivity contribution is 0.534. The van der Waals surface area contributed by atoms with Gasteiger partial charge in [-0.3, -0.25) is 0 Å². The third kappa shape index (κ3) is 2.59. The fourth-order valence-corrected chi connectivity index (χ4v) is 1.07. The molecular weight excluding hydrogens is 184 g/mol. The van der Waals surface area contributed by atoms with Crippen LogP contribution in [0.4, 0.5) is 5.82 Å². The van der Waals surface area contributed by atoms with E-state index in [0.717, 1.165) is 10.8 Å². The highest BCUT2D eigenvalue weighted by Gasteiger charge is 2.18. The molecule has 0 spiro atoms. The van der Waals surface area contributed by atoms with Gasteiger partial charge in [0, 0.05) is 23.8 Å². The van der Waals surface area contributed by atoms with Crippen molar-refractivity contribution in [2.24, 2.45) is 0 Å². The molecule has 2 nitrogen and oxygen atoms in total. The fourth-order valence-electron chi connectivity index (χ4n) is 0.921. The van der Waals surface area contributed by atoms with Gasteiger partial charge in [-0.25, -0.2) is 4.98 Å². The van der Waals surface area contributed by atoms with Crippen LogP contribution in [-0.4, -0.2) is 17.6 Å². The molecule has 13 heavy (non-hydrogen) atoms. The molecule has 0 aliphatic carbocycles. The zero-order valence-electron chi connectivity index (χ0n) is 8.50. The summed E-state index contributed by atoms with van der Waals surface area (Å²) < 4.78 is 0. The van der Waals surface area contributed by atoms with Crippen LogP contribution >= 0.6 is 11.6 Å². The molecule has 3 heteroatoms. The van der Waals surface area contributed by atoms with Crippen LogP contribution in [0.15, 0.2) is 18.3 Å². The summed E-state index contributed by atoms with van der Waals surface area (Å²) in [6.45, 7) is 6.40. The number of rotatable bonds is 1. The number of hydrogen-bond acceptors (Lipinski definition) is 2. The van der Waals surface area contributed by atoms with Gasteiger partial charge in [-0.05, 0) is 32.9 Å². The van der Waals surface area contributed by atoms with Crippen LogP contribution in [0.25, 0.3) is 0 Å². The summed E-state index contributed by atoms with van der Waals surface area (Å²) in [5.41, 5.74) is 0.0671. The van der Waals surface area contributed by atoms with E-state index in [2.05, 4.69) is 30.7 Å². The minimum atomic E-state index is 0.0671. The third-order valence-electron chi connectivity index (χ3n) is 2.06. The minimum Gasteiger partial charge on any atom is -0.355 e. The maximum atomic E-state index is 5.87. The second kappa shape index (κ2) is 3.54. The Balaban J connectivity index is 2.96. The van der Waals surface area contributed by atoms with Gasteiger partial charge < -0.3 is 4.90 Å². The lowest BCUT2D eigenvalue weighted by Gasteiger charge is -2.32. The largest absolute Gasteiger partial charge is 0.355 e. The summed E-state index contributed by atoms with van der Waals surface area (Å²) in [7, 11) is 2.01. The Bertz CT molecular complexity index is 291. The van der Waals surface area contributed by atoms with Gasteiger partial charge in [0.1, 0.15) is 5.82 Å². The molecule has 1 aromatic rings. The smallest absolute Gasteiger partial charge is 0.130 e. The van der Waals surface area contributed by atoms with Crippen LogP contribution in [0.2, 0.25) is 5.02 Å². The van der Waals surface area contributed by atoms with Crippen molar-refractivity contribution in [3.05, 3.63) is 23.4 Å². The summed E-state index contributed by atoms with van der Waals surface area (Å²) in [6, 6.07) is 3.65. The van der Waals surface area contributed by atoms with Gasteiger partial charge in [-0.2, -0.15) is 0 Å². The van der Waals surface area contributed by atoms with Crippen LogP contribution < -0.4 is 4.90 Å². The van der Waals surface area contributed by atoms with E-state index in [9.17, 15) is 0 Å². The van der Waals surface area contributed by atoms with Crippen LogP contribution in [0, 0.1) is 0 Å². The Hall–Kier alpha value is -0.760. The Kier molecular flexibility index (Phi) is 2.81. The molecule has 0 radical (unpaired) electrons. The zero-order valence-corrected chi connectivity index (χ0v) is 9.26. The van der Waals surface area contributed by atoms with E-state index in [0.29, 0.717) is 0 Å². The molecule has 0 atom stereocenters. The average molecular weight is 199 g/mol. The van der Waals surface area contributed by atoms with Gasteiger partial charge >= 0.3 is 0 Å². The second-order valence-corrected chi connectivity index (χ2v) is 4.50. The van der Waals surface area contributed by atoms with Crippen LogP contribution in [0.5, 0.6) is 0 Å². The van der Waals surface area contributed by atoms with Gasteiger partial charge in [-0.15, -0.1) is 0 Å². The first-order valence-corrected chi connectivity index (χ1v) is 4.64. The SMILES string of the molecule is CN(c1cc(Cl)ccn1)C(C)(C)C. The monoisotopic (exact) mass is 198 g/mol. The molecule has 0 N–H and O–H groups in total. The molecule has 1 rings (SSSR count). The molecule has 0 saturated heterocycles. The highest BCUT2D eigenvalue weighted by molar-refractivity contribution is 6.30. The first kappa shape index (κ1) is 10.3. The third-order valence-corrected chi connectivity index (χ3v) is 2.29. The number of halogens is 1. The molecule has 1 heterocycles. The Morgan fingerprint density at radius 1 is 1.38 bits per heavy atom. The fraction of sp³-hybridized carbons (Fsp3) is 0.500. The van der Waals surface area contributed by atoms with Gasteiger partial charge in [0.15, 0.2) is 0 Å². The van der Waals surface area contributed by atoms with E-state index >= 15 is 0 Å². The molecule has 0 saturated carbocycles. The molecule has 0 aliphatic rings. The molecule has 0 bridgehead atoms. The number of pyridine rings is 1. The summed E-state index contributed by atoms with van der Waals surface area (Å²) in [4.78, 5) is 6.34. The van der Waals surface area contributed by atoms with Gasteiger partial charge in [-0.1, -0.05) is 11.6 Å². The van der Waals surface area contributed by atoms with E-state index in [1.54, 1.807) is 12.3 Å². The molecule has 0 aliphatic heterocycles. The molecule has 1 aromatic heterocycles. The first-order chi connectivity index (χ1) is 5.91. The van der Waals surface area contributed by atoms with E-state index < -0.39 is 0 Å². The Labute approximate surface area is 84.5 Å². The van der Waals surface area contributed by atoms with Crippen molar-refractivity contribution >= 4 is 17.4 Å². The maximum Gasteiger partial charge on any atom is 0.130 e. The topological polar surface area (TPSA) is 16.1 Å². The van der Waals surface area contributed by atoms with Crippen molar-refractivity contribution in [2.75, 3.05) is 11.9 Å². The van der Waals surface area contributed by atoms with Gasteiger partial charge in [0.2, 0.25) is 0 Å². The van der Waals surface area contributed by atoms with Crippen molar-refractivity contribution in [1.29, 1.82) is 0 Å². The van der Waals surface area contributed by atoms with Gasteiger partial charge in [0.25, 0.3) is 0 Å². The number of hydrogen-bond donors (Lipinski definition) is 0. The molecular formula is C10H15ClN2. The zero-order chi connectivity index (χ0) is 10.1. The Morgan fingerprint density at radius 3 is 2.46 bits per heavy atom. The predicted molar refractivity (Wildman–Crippen MR) is 57.4 cm³/mol. The first-order valence-electron chi connectivity index (χ1n) is 4.26. The van der Waals surface area contributed by atoms with Crippen LogP contribution in [-0.2, 0) is 0 Å². The highest BCUT2D eigenvalue weighted by Crippen LogP contribution is 2.21. The number of aromatic nitrogens is 1. The second-order valence-electron chi connectivity index (χ2n) is 4.06. The van der Waals surface area contributed by atoms with Gasteiger partial charge in [0.05, 0.1) is 0 Å². The predicted octanol–water partition coefficient (Wildman–Crippen LogP) is 2.97. The number of nitrogens with zero attached hydrogens (tertiary/aromatic N) is 2. The molecule has 0 fully saturated rings. The average Bonchev–Trinajstić information content (AvgIpc) is 2.01. The quantitative estimate of drug-likeness (QED) is 0.690. The Morgan fingerprint density at radius 2 is 2.00 bits per heavy atom.